The smallest absolute Gasteiger partial charge is 0.305 e. The molecule has 1 aliphatic heterocycles. The van der Waals surface area contributed by atoms with Crippen molar-refractivity contribution in [2.75, 3.05) is 32.8 Å². The number of rotatable bonds is 7. The van der Waals surface area contributed by atoms with Crippen molar-refractivity contribution in [2.45, 2.75) is 52.1 Å². The van der Waals surface area contributed by atoms with Crippen LogP contribution >= 0.6 is 0 Å². The Morgan fingerprint density at radius 2 is 2.22 bits per heavy atom. The Balaban J connectivity index is 2.01. The minimum absolute atomic E-state index is 0.0608. The first-order valence-corrected chi connectivity index (χ1v) is 7.22. The van der Waals surface area contributed by atoms with E-state index in [9.17, 15) is 4.79 Å². The number of carbonyl (C=O) groups excluding carboxylic acids is 1. The summed E-state index contributed by atoms with van der Waals surface area (Å²) in [5.74, 6) is -0.0608. The van der Waals surface area contributed by atoms with E-state index < -0.39 is 0 Å². The van der Waals surface area contributed by atoms with Gasteiger partial charge in [0, 0.05) is 26.1 Å². The van der Waals surface area contributed by atoms with Gasteiger partial charge in [0.05, 0.1) is 12.7 Å². The molecule has 4 nitrogen and oxygen atoms in total. The highest BCUT2D eigenvalue weighted by Crippen LogP contribution is 2.08. The summed E-state index contributed by atoms with van der Waals surface area (Å²) in [6.07, 6.45) is 5.25. The minimum atomic E-state index is -0.0608. The summed E-state index contributed by atoms with van der Waals surface area (Å²) in [6.45, 7) is 8.67. The molecule has 1 atom stereocenters. The van der Waals surface area contributed by atoms with E-state index >= 15 is 0 Å². The van der Waals surface area contributed by atoms with Crippen LogP contribution in [-0.4, -0.2) is 49.8 Å². The summed E-state index contributed by atoms with van der Waals surface area (Å²) in [7, 11) is 0. The molecule has 0 N–H and O–H groups in total. The monoisotopic (exact) mass is 257 g/mol. The van der Waals surface area contributed by atoms with Crippen molar-refractivity contribution in [2.24, 2.45) is 0 Å². The van der Waals surface area contributed by atoms with Gasteiger partial charge in [0.1, 0.15) is 0 Å². The quantitative estimate of drug-likeness (QED) is 0.518. The first-order valence-electron chi connectivity index (χ1n) is 7.22. The first kappa shape index (κ1) is 15.4. The van der Waals surface area contributed by atoms with Crippen LogP contribution in [0.5, 0.6) is 0 Å². The Morgan fingerprint density at radius 1 is 1.39 bits per heavy atom. The summed E-state index contributed by atoms with van der Waals surface area (Å²) >= 11 is 0. The summed E-state index contributed by atoms with van der Waals surface area (Å²) in [5.41, 5.74) is 0. The molecule has 0 aromatic heterocycles. The zero-order valence-electron chi connectivity index (χ0n) is 11.8. The third kappa shape index (κ3) is 6.97. The number of ether oxygens (including phenoxy) is 2. The van der Waals surface area contributed by atoms with E-state index in [0.29, 0.717) is 19.1 Å². The Labute approximate surface area is 111 Å². The average molecular weight is 257 g/mol. The predicted molar refractivity (Wildman–Crippen MR) is 71.6 cm³/mol. The van der Waals surface area contributed by atoms with Crippen LogP contribution in [0.15, 0.2) is 0 Å². The fourth-order valence-corrected chi connectivity index (χ4v) is 2.30. The molecule has 1 rings (SSSR count). The number of hydrogen-bond acceptors (Lipinski definition) is 4. The Bertz CT molecular complexity index is 233. The van der Waals surface area contributed by atoms with Gasteiger partial charge in [-0.05, 0) is 39.7 Å². The fourth-order valence-electron chi connectivity index (χ4n) is 2.30. The molecule has 0 aromatic rings. The van der Waals surface area contributed by atoms with Crippen molar-refractivity contribution in [3.63, 3.8) is 0 Å². The maximum Gasteiger partial charge on any atom is 0.305 e. The van der Waals surface area contributed by atoms with E-state index in [1.54, 1.807) is 0 Å². The summed E-state index contributed by atoms with van der Waals surface area (Å²) < 4.78 is 10.5. The molecule has 18 heavy (non-hydrogen) atoms. The molecule has 0 saturated carbocycles. The second-order valence-corrected chi connectivity index (χ2v) is 4.95. The molecule has 1 saturated heterocycles. The molecule has 0 amide bonds. The standard InChI is InChI=1S/C14H27NO3/c1-3-17-14(16)8-5-4-6-9-15-10-7-11-18-13(2)12-15/h13H,3-12H2,1-2H3. The van der Waals surface area contributed by atoms with Crippen LogP contribution in [0.1, 0.15) is 46.0 Å². The lowest BCUT2D eigenvalue weighted by Gasteiger charge is -2.21. The molecule has 0 spiro atoms. The lowest BCUT2D eigenvalue weighted by molar-refractivity contribution is -0.143. The number of nitrogens with zero attached hydrogens (tertiary/aromatic N) is 1. The van der Waals surface area contributed by atoms with Crippen LogP contribution < -0.4 is 0 Å². The highest BCUT2D eigenvalue weighted by atomic mass is 16.5. The van der Waals surface area contributed by atoms with Gasteiger partial charge in [0.25, 0.3) is 0 Å². The van der Waals surface area contributed by atoms with Crippen LogP contribution in [0, 0.1) is 0 Å². The second-order valence-electron chi connectivity index (χ2n) is 4.95. The Kier molecular flexibility index (Phi) is 8.01. The van der Waals surface area contributed by atoms with Gasteiger partial charge in [-0.2, -0.15) is 0 Å². The number of carbonyl (C=O) groups is 1. The van der Waals surface area contributed by atoms with Crippen LogP contribution in [0.4, 0.5) is 0 Å². The van der Waals surface area contributed by atoms with E-state index in [0.717, 1.165) is 51.9 Å². The van der Waals surface area contributed by atoms with Crippen LogP contribution in [0.2, 0.25) is 0 Å². The fraction of sp³-hybridized carbons (Fsp3) is 0.929. The van der Waals surface area contributed by atoms with Crippen molar-refractivity contribution in [3.8, 4) is 0 Å². The van der Waals surface area contributed by atoms with E-state index in [1.807, 2.05) is 6.92 Å². The third-order valence-electron chi connectivity index (χ3n) is 3.20. The molecule has 0 bridgehead atoms. The van der Waals surface area contributed by atoms with Gasteiger partial charge in [-0.1, -0.05) is 6.42 Å². The van der Waals surface area contributed by atoms with Crippen molar-refractivity contribution < 1.29 is 14.3 Å². The second kappa shape index (κ2) is 9.34. The molecule has 4 heteroatoms. The molecule has 0 aromatic carbocycles. The lowest BCUT2D eigenvalue weighted by Crippen LogP contribution is -2.31. The zero-order valence-corrected chi connectivity index (χ0v) is 11.8. The van der Waals surface area contributed by atoms with Gasteiger partial charge in [-0.3, -0.25) is 4.79 Å². The molecule has 1 aliphatic rings. The maximum absolute atomic E-state index is 11.1. The number of unbranched alkanes of at least 4 members (excludes halogenated alkanes) is 2. The number of hydrogen-bond donors (Lipinski definition) is 0. The van der Waals surface area contributed by atoms with E-state index in [4.69, 9.17) is 9.47 Å². The zero-order chi connectivity index (χ0) is 13.2. The van der Waals surface area contributed by atoms with Gasteiger partial charge in [-0.15, -0.1) is 0 Å². The predicted octanol–water partition coefficient (Wildman–Crippen LogP) is 2.22. The van der Waals surface area contributed by atoms with E-state index in [2.05, 4.69) is 11.8 Å². The Morgan fingerprint density at radius 3 is 3.00 bits per heavy atom. The van der Waals surface area contributed by atoms with Crippen molar-refractivity contribution >= 4 is 5.97 Å². The van der Waals surface area contributed by atoms with Gasteiger partial charge in [-0.25, -0.2) is 0 Å². The summed E-state index contributed by atoms with van der Waals surface area (Å²) in [6, 6.07) is 0. The van der Waals surface area contributed by atoms with Gasteiger partial charge in [0.2, 0.25) is 0 Å². The van der Waals surface area contributed by atoms with Gasteiger partial charge in [0.15, 0.2) is 0 Å². The van der Waals surface area contributed by atoms with E-state index in [-0.39, 0.29) is 5.97 Å². The average Bonchev–Trinajstić information content (AvgIpc) is 2.53. The molecule has 1 unspecified atom stereocenters. The lowest BCUT2D eigenvalue weighted by atomic mass is 10.2. The minimum Gasteiger partial charge on any atom is -0.466 e. The highest BCUT2D eigenvalue weighted by Gasteiger charge is 2.14. The van der Waals surface area contributed by atoms with Gasteiger partial charge < -0.3 is 14.4 Å². The molecule has 106 valence electrons. The summed E-state index contributed by atoms with van der Waals surface area (Å²) in [4.78, 5) is 13.6. The highest BCUT2D eigenvalue weighted by molar-refractivity contribution is 5.69. The van der Waals surface area contributed by atoms with Crippen molar-refractivity contribution in [3.05, 3.63) is 0 Å². The molecule has 0 radical (unpaired) electrons. The van der Waals surface area contributed by atoms with Gasteiger partial charge >= 0.3 is 5.97 Å². The summed E-state index contributed by atoms with van der Waals surface area (Å²) in [5, 5.41) is 0. The first-order chi connectivity index (χ1) is 8.72. The number of esters is 1. The third-order valence-corrected chi connectivity index (χ3v) is 3.20. The van der Waals surface area contributed by atoms with Crippen LogP contribution in [-0.2, 0) is 14.3 Å². The maximum atomic E-state index is 11.1. The topological polar surface area (TPSA) is 38.8 Å². The van der Waals surface area contributed by atoms with Crippen molar-refractivity contribution in [1.82, 2.24) is 4.90 Å². The van der Waals surface area contributed by atoms with E-state index in [1.165, 1.54) is 0 Å². The van der Waals surface area contributed by atoms with Crippen molar-refractivity contribution in [1.29, 1.82) is 0 Å². The Hall–Kier alpha value is -0.610. The normalized spacial score (nSPS) is 21.6. The molecular weight excluding hydrogens is 230 g/mol. The SMILES string of the molecule is CCOC(=O)CCCCCN1CCCOC(C)C1. The largest absolute Gasteiger partial charge is 0.466 e. The molecule has 0 aliphatic carbocycles. The molecule has 1 heterocycles. The molecule has 1 fully saturated rings. The molecular formula is C14H27NO3. The van der Waals surface area contributed by atoms with Crippen LogP contribution in [0.25, 0.3) is 0 Å². The van der Waals surface area contributed by atoms with Crippen LogP contribution in [0.3, 0.4) is 0 Å².